The minimum Gasteiger partial charge on any atom is -0.302 e. The highest BCUT2D eigenvalue weighted by Crippen LogP contribution is 2.22. The molecule has 108 valence electrons. The second kappa shape index (κ2) is 5.52. The molecule has 0 aromatic heterocycles. The van der Waals surface area contributed by atoms with Gasteiger partial charge in [-0.15, -0.1) is 0 Å². The van der Waals surface area contributed by atoms with Gasteiger partial charge < -0.3 is 5.32 Å². The summed E-state index contributed by atoms with van der Waals surface area (Å²) in [4.78, 5) is 0. The van der Waals surface area contributed by atoms with Crippen LogP contribution in [0.15, 0.2) is 30.3 Å². The van der Waals surface area contributed by atoms with Gasteiger partial charge in [-0.3, -0.25) is 4.55 Å². The summed E-state index contributed by atoms with van der Waals surface area (Å²) >= 11 is 0. The lowest BCUT2D eigenvalue weighted by molar-refractivity contribution is 0.0177. The second-order valence-electron chi connectivity index (χ2n) is 4.93. The fourth-order valence-corrected chi connectivity index (χ4v) is 2.26. The monoisotopic (exact) mass is 293 g/mol. The van der Waals surface area contributed by atoms with Gasteiger partial charge >= 0.3 is 0 Å². The number of rotatable bonds is 6. The summed E-state index contributed by atoms with van der Waals surface area (Å²) in [5.41, 5.74) is 0.0712. The van der Waals surface area contributed by atoms with E-state index in [1.54, 1.807) is 38.1 Å². The SMILES string of the molecule is CC(C)(NCC(F)(F)CS(=O)(=O)O)c1ccccc1. The van der Waals surface area contributed by atoms with Crippen molar-refractivity contribution < 1.29 is 21.8 Å². The van der Waals surface area contributed by atoms with Crippen molar-refractivity contribution >= 4 is 10.1 Å². The maximum atomic E-state index is 13.4. The fraction of sp³-hybridized carbons (Fsp3) is 0.500. The molecule has 0 aliphatic rings. The zero-order valence-electron chi connectivity index (χ0n) is 10.7. The summed E-state index contributed by atoms with van der Waals surface area (Å²) in [5.74, 6) is -5.11. The number of nitrogens with one attached hydrogen (secondary N) is 1. The molecule has 0 fully saturated rings. The summed E-state index contributed by atoms with van der Waals surface area (Å²) in [5, 5.41) is 2.61. The summed E-state index contributed by atoms with van der Waals surface area (Å²) in [6.07, 6.45) is 0. The van der Waals surface area contributed by atoms with E-state index in [1.807, 2.05) is 6.07 Å². The first-order valence-electron chi connectivity index (χ1n) is 5.65. The Bertz CT molecular complexity index is 515. The highest BCUT2D eigenvalue weighted by atomic mass is 32.2. The van der Waals surface area contributed by atoms with Crippen molar-refractivity contribution in [1.82, 2.24) is 5.32 Å². The standard InChI is InChI=1S/C12H17F2NO3S/c1-11(2,10-6-4-3-5-7-10)15-8-12(13,14)9-19(16,17)18/h3-7,15H,8-9H2,1-2H3,(H,16,17,18). The Morgan fingerprint density at radius 2 is 1.74 bits per heavy atom. The molecule has 1 aromatic carbocycles. The molecule has 1 rings (SSSR count). The fourth-order valence-electron chi connectivity index (χ4n) is 1.63. The molecule has 7 heteroatoms. The van der Waals surface area contributed by atoms with Crippen molar-refractivity contribution in [2.24, 2.45) is 0 Å². The van der Waals surface area contributed by atoms with Gasteiger partial charge in [-0.25, -0.2) is 8.78 Å². The van der Waals surface area contributed by atoms with Crippen LogP contribution in [-0.2, 0) is 15.7 Å². The van der Waals surface area contributed by atoms with Gasteiger partial charge in [-0.05, 0) is 19.4 Å². The van der Waals surface area contributed by atoms with Gasteiger partial charge in [0.2, 0.25) is 0 Å². The Labute approximate surface area is 111 Å². The smallest absolute Gasteiger partial charge is 0.276 e. The molecule has 0 saturated carbocycles. The Morgan fingerprint density at radius 1 is 1.21 bits per heavy atom. The second-order valence-corrected chi connectivity index (χ2v) is 6.38. The van der Waals surface area contributed by atoms with Crippen molar-refractivity contribution in [1.29, 1.82) is 0 Å². The molecule has 0 aliphatic heterocycles. The lowest BCUT2D eigenvalue weighted by Crippen LogP contribution is -2.46. The summed E-state index contributed by atoms with van der Waals surface area (Å²) in [6.45, 7) is 2.59. The zero-order valence-corrected chi connectivity index (χ0v) is 11.5. The van der Waals surface area contributed by atoms with E-state index in [2.05, 4.69) is 5.32 Å². The minimum atomic E-state index is -4.70. The lowest BCUT2D eigenvalue weighted by atomic mass is 9.94. The van der Waals surface area contributed by atoms with Gasteiger partial charge in [0.25, 0.3) is 16.0 Å². The van der Waals surface area contributed by atoms with E-state index in [0.717, 1.165) is 5.56 Å². The van der Waals surface area contributed by atoms with Crippen LogP contribution >= 0.6 is 0 Å². The number of halogens is 2. The topological polar surface area (TPSA) is 66.4 Å². The molecule has 0 bridgehead atoms. The molecule has 0 saturated heterocycles. The van der Waals surface area contributed by atoms with E-state index in [9.17, 15) is 17.2 Å². The van der Waals surface area contributed by atoms with Crippen molar-refractivity contribution in [3.8, 4) is 0 Å². The van der Waals surface area contributed by atoms with Gasteiger partial charge in [0.05, 0.1) is 6.54 Å². The van der Waals surface area contributed by atoms with Crippen LogP contribution in [0, 0.1) is 0 Å². The minimum absolute atomic E-state index is 0.732. The Morgan fingerprint density at radius 3 is 2.21 bits per heavy atom. The average molecular weight is 293 g/mol. The molecule has 19 heavy (non-hydrogen) atoms. The molecule has 0 amide bonds. The zero-order chi connectivity index (χ0) is 14.7. The van der Waals surface area contributed by atoms with Gasteiger partial charge in [0.15, 0.2) is 0 Å². The third-order valence-corrected chi connectivity index (χ3v) is 3.47. The van der Waals surface area contributed by atoms with Crippen LogP contribution in [0.5, 0.6) is 0 Å². The number of hydrogen-bond donors (Lipinski definition) is 2. The Kier molecular flexibility index (Phi) is 4.65. The first-order chi connectivity index (χ1) is 8.52. The van der Waals surface area contributed by atoms with Crippen LogP contribution in [0.1, 0.15) is 19.4 Å². The quantitative estimate of drug-likeness (QED) is 0.788. The van der Waals surface area contributed by atoms with Crippen molar-refractivity contribution in [3.63, 3.8) is 0 Å². The first-order valence-corrected chi connectivity index (χ1v) is 7.26. The van der Waals surface area contributed by atoms with Gasteiger partial charge in [0, 0.05) is 5.54 Å². The van der Waals surface area contributed by atoms with Crippen LogP contribution < -0.4 is 5.32 Å². The molecule has 0 radical (unpaired) electrons. The molecule has 0 heterocycles. The summed E-state index contributed by atoms with van der Waals surface area (Å²) in [7, 11) is -4.70. The maximum absolute atomic E-state index is 13.4. The molecule has 0 spiro atoms. The van der Waals surface area contributed by atoms with Gasteiger partial charge in [-0.2, -0.15) is 8.42 Å². The van der Waals surface area contributed by atoms with Gasteiger partial charge in [0.1, 0.15) is 5.75 Å². The molecular weight excluding hydrogens is 276 g/mol. The van der Waals surface area contributed by atoms with E-state index in [4.69, 9.17) is 4.55 Å². The summed E-state index contributed by atoms with van der Waals surface area (Å²) < 4.78 is 56.2. The van der Waals surface area contributed by atoms with Crippen molar-refractivity contribution in [3.05, 3.63) is 35.9 Å². The third kappa shape index (κ3) is 5.63. The molecule has 2 N–H and O–H groups in total. The van der Waals surface area contributed by atoms with Gasteiger partial charge in [-0.1, -0.05) is 30.3 Å². The maximum Gasteiger partial charge on any atom is 0.276 e. The predicted molar refractivity (Wildman–Crippen MR) is 68.8 cm³/mol. The van der Waals surface area contributed by atoms with Crippen LogP contribution in [0.25, 0.3) is 0 Å². The highest BCUT2D eigenvalue weighted by molar-refractivity contribution is 7.85. The normalized spacial score (nSPS) is 13.5. The molecule has 0 atom stereocenters. The Hall–Kier alpha value is -1.05. The Balaban J connectivity index is 2.70. The highest BCUT2D eigenvalue weighted by Gasteiger charge is 2.36. The van der Waals surface area contributed by atoms with E-state index in [1.165, 1.54) is 0 Å². The van der Waals surface area contributed by atoms with E-state index in [0.29, 0.717) is 0 Å². The summed E-state index contributed by atoms with van der Waals surface area (Å²) in [6, 6.07) is 8.96. The van der Waals surface area contributed by atoms with Crippen LogP contribution in [0.4, 0.5) is 8.78 Å². The van der Waals surface area contributed by atoms with E-state index < -0.39 is 33.9 Å². The molecular formula is C12H17F2NO3S. The van der Waals surface area contributed by atoms with Crippen molar-refractivity contribution in [2.75, 3.05) is 12.3 Å². The largest absolute Gasteiger partial charge is 0.302 e. The van der Waals surface area contributed by atoms with E-state index in [-0.39, 0.29) is 0 Å². The first kappa shape index (κ1) is 16.0. The third-order valence-electron chi connectivity index (χ3n) is 2.68. The average Bonchev–Trinajstić information content (AvgIpc) is 2.25. The molecule has 0 unspecified atom stereocenters. The lowest BCUT2D eigenvalue weighted by Gasteiger charge is -2.29. The number of hydrogen-bond acceptors (Lipinski definition) is 3. The van der Waals surface area contributed by atoms with Crippen molar-refractivity contribution in [2.45, 2.75) is 25.3 Å². The van der Waals surface area contributed by atoms with Crippen LogP contribution in [-0.4, -0.2) is 31.2 Å². The van der Waals surface area contributed by atoms with Crippen LogP contribution in [0.2, 0.25) is 0 Å². The molecule has 1 aromatic rings. The van der Waals surface area contributed by atoms with Crippen LogP contribution in [0.3, 0.4) is 0 Å². The predicted octanol–water partition coefficient (Wildman–Crippen LogP) is 2.03. The molecule has 0 aliphatic carbocycles. The molecule has 4 nitrogen and oxygen atoms in total. The number of alkyl halides is 2. The number of benzene rings is 1. The van der Waals surface area contributed by atoms with E-state index >= 15 is 0 Å².